The molecular weight excluding hydrogens is 366 g/mol. The van der Waals surface area contributed by atoms with Crippen molar-refractivity contribution in [3.05, 3.63) is 0 Å². The van der Waals surface area contributed by atoms with Crippen molar-refractivity contribution in [2.24, 2.45) is 0 Å². The first-order chi connectivity index (χ1) is 12.7. The molecule has 0 amide bonds. The van der Waals surface area contributed by atoms with E-state index < -0.39 is 0 Å². The Morgan fingerprint density at radius 2 is 1.23 bits per heavy atom. The topological polar surface area (TPSA) is 30.9 Å². The van der Waals surface area contributed by atoms with Crippen molar-refractivity contribution in [3.8, 4) is 0 Å². The largest absolute Gasteiger partial charge is 0.382 e. The molecular formula is C20H41NO3S2. The average Bonchev–Trinajstić information content (AvgIpc) is 2.63. The highest BCUT2D eigenvalue weighted by Gasteiger charge is 2.05. The van der Waals surface area contributed by atoms with Crippen molar-refractivity contribution in [2.45, 2.75) is 71.1 Å². The lowest BCUT2D eigenvalue weighted by molar-refractivity contribution is 0.0227. The predicted molar refractivity (Wildman–Crippen MR) is 119 cm³/mol. The summed E-state index contributed by atoms with van der Waals surface area (Å²) in [5.41, 5.74) is 0. The lowest BCUT2D eigenvalue weighted by atomic mass is 10.1. The number of thiocarbonyl (C=S) groups is 1. The van der Waals surface area contributed by atoms with Gasteiger partial charge in [-0.3, -0.25) is 0 Å². The maximum atomic E-state index is 5.59. The molecule has 0 aliphatic carbocycles. The van der Waals surface area contributed by atoms with Crippen LogP contribution < -0.4 is 0 Å². The van der Waals surface area contributed by atoms with E-state index in [0.29, 0.717) is 37.4 Å². The molecule has 0 aliphatic rings. The Morgan fingerprint density at radius 1 is 0.731 bits per heavy atom. The van der Waals surface area contributed by atoms with Gasteiger partial charge in [-0.2, -0.15) is 0 Å². The summed E-state index contributed by atoms with van der Waals surface area (Å²) < 4.78 is 16.5. The molecule has 4 nitrogen and oxygen atoms in total. The number of unbranched alkanes of at least 4 members (excludes halogenated alkanes) is 9. The molecule has 0 radical (unpaired) electrons. The third kappa shape index (κ3) is 18.9. The Kier molecular flexibility index (Phi) is 21.5. The smallest absolute Gasteiger partial charge is 0.133 e. The van der Waals surface area contributed by atoms with Crippen molar-refractivity contribution in [1.82, 2.24) is 4.90 Å². The second-order valence-corrected chi connectivity index (χ2v) is 7.78. The monoisotopic (exact) mass is 407 g/mol. The van der Waals surface area contributed by atoms with Gasteiger partial charge in [0.1, 0.15) is 4.32 Å². The van der Waals surface area contributed by atoms with E-state index in [0.717, 1.165) is 13.1 Å². The maximum absolute atomic E-state index is 5.59. The predicted octanol–water partition coefficient (Wildman–Crippen LogP) is 5.10. The third-order valence-corrected chi connectivity index (χ3v) is 4.90. The van der Waals surface area contributed by atoms with Crippen LogP contribution in [0.15, 0.2) is 0 Å². The van der Waals surface area contributed by atoms with Crippen LogP contribution in [-0.4, -0.2) is 62.5 Å². The zero-order chi connectivity index (χ0) is 19.3. The van der Waals surface area contributed by atoms with E-state index in [1.165, 1.54) is 64.2 Å². The number of thiol groups is 1. The molecule has 26 heavy (non-hydrogen) atoms. The Balaban J connectivity index is 3.46. The molecule has 0 aromatic rings. The van der Waals surface area contributed by atoms with Crippen molar-refractivity contribution < 1.29 is 14.2 Å². The minimum Gasteiger partial charge on any atom is -0.382 e. The van der Waals surface area contributed by atoms with Crippen LogP contribution in [0.4, 0.5) is 0 Å². The van der Waals surface area contributed by atoms with Gasteiger partial charge in [-0.25, -0.2) is 0 Å². The Morgan fingerprint density at radius 3 is 1.77 bits per heavy atom. The molecule has 0 heterocycles. The molecule has 0 saturated heterocycles. The van der Waals surface area contributed by atoms with Crippen LogP contribution in [0.1, 0.15) is 71.1 Å². The van der Waals surface area contributed by atoms with Crippen molar-refractivity contribution in [2.75, 3.05) is 53.2 Å². The van der Waals surface area contributed by atoms with Gasteiger partial charge in [0.2, 0.25) is 0 Å². The fourth-order valence-corrected chi connectivity index (χ4v) is 3.11. The third-order valence-electron chi connectivity index (χ3n) is 4.36. The number of nitrogens with zero attached hydrogens (tertiary/aromatic N) is 1. The highest BCUT2D eigenvalue weighted by molar-refractivity contribution is 8.10. The molecule has 0 atom stereocenters. The first-order valence-corrected chi connectivity index (χ1v) is 11.2. The molecule has 0 fully saturated rings. The molecule has 0 rings (SSSR count). The van der Waals surface area contributed by atoms with Crippen LogP contribution in [0.2, 0.25) is 0 Å². The van der Waals surface area contributed by atoms with Gasteiger partial charge in [0.05, 0.1) is 33.0 Å². The van der Waals surface area contributed by atoms with Crippen LogP contribution in [0.25, 0.3) is 0 Å². The van der Waals surface area contributed by atoms with Crippen molar-refractivity contribution >= 4 is 29.2 Å². The van der Waals surface area contributed by atoms with Crippen LogP contribution in [0.3, 0.4) is 0 Å². The average molecular weight is 408 g/mol. The zero-order valence-electron chi connectivity index (χ0n) is 17.0. The van der Waals surface area contributed by atoms with Gasteiger partial charge < -0.3 is 19.1 Å². The Bertz CT molecular complexity index is 307. The van der Waals surface area contributed by atoms with E-state index in [9.17, 15) is 0 Å². The van der Waals surface area contributed by atoms with Gasteiger partial charge in [0.15, 0.2) is 0 Å². The van der Waals surface area contributed by atoms with Crippen molar-refractivity contribution in [3.63, 3.8) is 0 Å². The molecule has 0 aromatic carbocycles. The molecule has 156 valence electrons. The van der Waals surface area contributed by atoms with Gasteiger partial charge in [0.25, 0.3) is 0 Å². The number of rotatable bonds is 20. The standard InChI is InChI=1S/C20H41NO3S2/c1-3-4-5-6-7-8-9-10-11-12-13-21(20(25)26)14-15-23-18-19-24-17-16-22-2/h3-19H2,1-2H3,(H,25,26). The number of methoxy groups -OCH3 is 1. The van der Waals surface area contributed by atoms with Gasteiger partial charge in [-0.15, -0.1) is 12.6 Å². The van der Waals surface area contributed by atoms with Gasteiger partial charge >= 0.3 is 0 Å². The number of ether oxygens (including phenoxy) is 3. The van der Waals surface area contributed by atoms with E-state index in [-0.39, 0.29) is 0 Å². The summed E-state index contributed by atoms with van der Waals surface area (Å²) >= 11 is 9.57. The van der Waals surface area contributed by atoms with Gasteiger partial charge in [0, 0.05) is 20.2 Å². The summed E-state index contributed by atoms with van der Waals surface area (Å²) in [7, 11) is 1.67. The molecule has 0 aliphatic heterocycles. The molecule has 0 N–H and O–H groups in total. The van der Waals surface area contributed by atoms with E-state index >= 15 is 0 Å². The second kappa shape index (κ2) is 21.4. The molecule has 0 spiro atoms. The SMILES string of the molecule is CCCCCCCCCCCCN(CCOCCOCCOC)C(=S)S. The van der Waals surface area contributed by atoms with Gasteiger partial charge in [-0.05, 0) is 6.42 Å². The van der Waals surface area contributed by atoms with E-state index in [1.807, 2.05) is 0 Å². The summed E-state index contributed by atoms with van der Waals surface area (Å²) in [6.45, 7) is 7.16. The quantitative estimate of drug-likeness (QED) is 0.172. The van der Waals surface area contributed by atoms with E-state index in [2.05, 4.69) is 24.5 Å². The highest BCUT2D eigenvalue weighted by Crippen LogP contribution is 2.11. The first-order valence-electron chi connectivity index (χ1n) is 10.3. The molecule has 6 heteroatoms. The first kappa shape index (κ1) is 26.1. The normalized spacial score (nSPS) is 11.0. The fraction of sp³-hybridized carbons (Fsp3) is 0.950. The maximum Gasteiger partial charge on any atom is 0.133 e. The van der Waals surface area contributed by atoms with E-state index in [4.69, 9.17) is 26.4 Å². The minimum absolute atomic E-state index is 0.604. The summed E-state index contributed by atoms with van der Waals surface area (Å²) in [5.74, 6) is 0. The summed E-state index contributed by atoms with van der Waals surface area (Å²) in [6, 6.07) is 0. The molecule has 0 aromatic heterocycles. The molecule has 0 saturated carbocycles. The summed E-state index contributed by atoms with van der Waals surface area (Å²) in [6.07, 6.45) is 13.5. The summed E-state index contributed by atoms with van der Waals surface area (Å²) in [5, 5.41) is 0. The number of hydrogen-bond acceptors (Lipinski definition) is 4. The number of hydrogen-bond donors (Lipinski definition) is 1. The molecule has 0 unspecified atom stereocenters. The van der Waals surface area contributed by atoms with Crippen molar-refractivity contribution in [1.29, 1.82) is 0 Å². The van der Waals surface area contributed by atoms with Crippen LogP contribution in [0, 0.1) is 0 Å². The minimum atomic E-state index is 0.604. The van der Waals surface area contributed by atoms with E-state index in [1.54, 1.807) is 7.11 Å². The second-order valence-electron chi connectivity index (χ2n) is 6.67. The van der Waals surface area contributed by atoms with Crippen LogP contribution in [0.5, 0.6) is 0 Å². The lowest BCUT2D eigenvalue weighted by Gasteiger charge is -2.22. The highest BCUT2D eigenvalue weighted by atomic mass is 32.1. The van der Waals surface area contributed by atoms with Gasteiger partial charge in [-0.1, -0.05) is 76.9 Å². The Hall–Kier alpha value is 0.120. The lowest BCUT2D eigenvalue weighted by Crippen LogP contribution is -2.31. The Labute approximate surface area is 172 Å². The summed E-state index contributed by atoms with van der Waals surface area (Å²) in [4.78, 5) is 2.13. The van der Waals surface area contributed by atoms with Crippen LogP contribution in [-0.2, 0) is 14.2 Å². The fourth-order valence-electron chi connectivity index (χ4n) is 2.73. The zero-order valence-corrected chi connectivity index (χ0v) is 18.8. The van der Waals surface area contributed by atoms with Crippen LogP contribution >= 0.6 is 24.8 Å². The molecule has 0 bridgehead atoms.